The zero-order valence-corrected chi connectivity index (χ0v) is 12.4. The van der Waals surface area contributed by atoms with E-state index in [1.54, 1.807) is 0 Å². The first-order chi connectivity index (χ1) is 9.11. The summed E-state index contributed by atoms with van der Waals surface area (Å²) >= 11 is 0. The van der Waals surface area contributed by atoms with Crippen molar-refractivity contribution in [3.05, 3.63) is 29.3 Å². The maximum Gasteiger partial charge on any atom is 0.417 e. The van der Waals surface area contributed by atoms with Crippen LogP contribution in [-0.4, -0.2) is 21.0 Å². The smallest absolute Gasteiger partial charge is 0.329 e. The van der Waals surface area contributed by atoms with Crippen LogP contribution in [0.1, 0.15) is 18.1 Å². The van der Waals surface area contributed by atoms with Crippen LogP contribution in [0.15, 0.2) is 23.1 Å². The maximum absolute atomic E-state index is 12.6. The van der Waals surface area contributed by atoms with Crippen LogP contribution in [0.4, 0.5) is 13.2 Å². The number of rotatable bonds is 4. The van der Waals surface area contributed by atoms with Gasteiger partial charge >= 0.3 is 6.18 Å². The Balaban J connectivity index is 0.00000400. The molecule has 10 heteroatoms. The molecule has 0 radical (unpaired) electrons. The van der Waals surface area contributed by atoms with Crippen LogP contribution >= 0.6 is 12.4 Å². The Labute approximate surface area is 126 Å². The van der Waals surface area contributed by atoms with E-state index in [1.807, 2.05) is 0 Å². The first-order valence-electron chi connectivity index (χ1n) is 5.45. The third-order valence-electron chi connectivity index (χ3n) is 2.44. The van der Waals surface area contributed by atoms with Crippen molar-refractivity contribution in [2.75, 3.05) is 6.54 Å². The molecule has 0 aliphatic carbocycles. The van der Waals surface area contributed by atoms with E-state index in [-0.39, 0.29) is 19.0 Å². The van der Waals surface area contributed by atoms with E-state index in [2.05, 4.69) is 4.72 Å². The van der Waals surface area contributed by atoms with Crippen molar-refractivity contribution in [2.45, 2.75) is 24.0 Å². The standard InChI is InChI=1S/C11H12F3N3O2S.ClH/c1-7(5-15)17-20(18,19)9-2-3-10(11(12,13)14)8(4-9)6-16;/h2-4,7,17H,5,15H2,1H3;1H/t7-;/m0./s1. The number of sulfonamides is 1. The number of nitrogens with two attached hydrogens (primary N) is 1. The molecule has 118 valence electrons. The highest BCUT2D eigenvalue weighted by Crippen LogP contribution is 2.32. The van der Waals surface area contributed by atoms with Gasteiger partial charge in [0.05, 0.1) is 22.1 Å². The molecule has 5 nitrogen and oxygen atoms in total. The van der Waals surface area contributed by atoms with Crippen LogP contribution in [0, 0.1) is 11.3 Å². The van der Waals surface area contributed by atoms with Gasteiger partial charge in [0.1, 0.15) is 0 Å². The summed E-state index contributed by atoms with van der Waals surface area (Å²) in [7, 11) is -4.01. The number of alkyl halides is 3. The molecule has 0 saturated heterocycles. The van der Waals surface area contributed by atoms with Crippen molar-refractivity contribution in [3.63, 3.8) is 0 Å². The molecular weight excluding hydrogens is 331 g/mol. The molecule has 0 aliphatic heterocycles. The van der Waals surface area contributed by atoms with Gasteiger partial charge in [0.15, 0.2) is 0 Å². The Morgan fingerprint density at radius 3 is 2.43 bits per heavy atom. The summed E-state index contributed by atoms with van der Waals surface area (Å²) in [5.41, 5.74) is 3.34. The van der Waals surface area contributed by atoms with Crippen LogP contribution in [0.3, 0.4) is 0 Å². The van der Waals surface area contributed by atoms with E-state index < -0.39 is 38.3 Å². The van der Waals surface area contributed by atoms with Crippen molar-refractivity contribution in [2.24, 2.45) is 5.73 Å². The summed E-state index contributed by atoms with van der Waals surface area (Å²) in [6, 6.07) is 2.83. The summed E-state index contributed by atoms with van der Waals surface area (Å²) in [5, 5.41) is 8.71. The highest BCUT2D eigenvalue weighted by Gasteiger charge is 2.34. The molecule has 0 heterocycles. The van der Waals surface area contributed by atoms with Gasteiger partial charge in [0, 0.05) is 12.6 Å². The molecule has 0 saturated carbocycles. The highest BCUT2D eigenvalue weighted by molar-refractivity contribution is 7.89. The van der Waals surface area contributed by atoms with E-state index in [4.69, 9.17) is 11.0 Å². The van der Waals surface area contributed by atoms with Crippen molar-refractivity contribution < 1.29 is 21.6 Å². The summed E-state index contributed by atoms with van der Waals surface area (Å²) in [5.74, 6) is 0. The average Bonchev–Trinajstić information content (AvgIpc) is 2.36. The second-order valence-corrected chi connectivity index (χ2v) is 5.79. The minimum absolute atomic E-state index is 0. The third kappa shape index (κ3) is 4.86. The monoisotopic (exact) mass is 343 g/mol. The number of benzene rings is 1. The van der Waals surface area contributed by atoms with Crippen LogP contribution in [-0.2, 0) is 16.2 Å². The molecule has 0 aromatic heterocycles. The molecule has 0 aliphatic rings. The lowest BCUT2D eigenvalue weighted by atomic mass is 10.1. The molecule has 1 rings (SSSR count). The Kier molecular flexibility index (Phi) is 6.63. The molecular formula is C11H13ClF3N3O2S. The molecule has 1 aromatic rings. The number of nitrogens with one attached hydrogen (secondary N) is 1. The van der Waals surface area contributed by atoms with Crippen molar-refractivity contribution in [3.8, 4) is 6.07 Å². The van der Waals surface area contributed by atoms with E-state index in [0.29, 0.717) is 12.1 Å². The Morgan fingerprint density at radius 1 is 1.43 bits per heavy atom. The Bertz CT molecular complexity index is 641. The molecule has 21 heavy (non-hydrogen) atoms. The van der Waals surface area contributed by atoms with E-state index >= 15 is 0 Å². The van der Waals surface area contributed by atoms with Crippen LogP contribution in [0.5, 0.6) is 0 Å². The van der Waals surface area contributed by atoms with Crippen molar-refractivity contribution in [1.82, 2.24) is 4.72 Å². The zero-order chi connectivity index (χ0) is 15.6. The predicted octanol–water partition coefficient (Wildman–Crippen LogP) is 1.62. The number of hydrogen-bond acceptors (Lipinski definition) is 4. The molecule has 0 spiro atoms. The fraction of sp³-hybridized carbons (Fsp3) is 0.364. The summed E-state index contributed by atoms with van der Waals surface area (Å²) < 4.78 is 63.7. The zero-order valence-electron chi connectivity index (χ0n) is 10.8. The Hall–Kier alpha value is -1.34. The van der Waals surface area contributed by atoms with Gasteiger partial charge in [-0.2, -0.15) is 18.4 Å². The van der Waals surface area contributed by atoms with Gasteiger partial charge < -0.3 is 5.73 Å². The molecule has 0 bridgehead atoms. The summed E-state index contributed by atoms with van der Waals surface area (Å²) in [6.07, 6.45) is -4.72. The Morgan fingerprint density at radius 2 is 2.00 bits per heavy atom. The largest absolute Gasteiger partial charge is 0.417 e. The molecule has 3 N–H and O–H groups in total. The van der Waals surface area contributed by atoms with Gasteiger partial charge in [-0.25, -0.2) is 13.1 Å². The number of nitriles is 1. The van der Waals surface area contributed by atoms with Gasteiger partial charge in [0.2, 0.25) is 10.0 Å². The summed E-state index contributed by atoms with van der Waals surface area (Å²) in [6.45, 7) is 1.54. The lowest BCUT2D eigenvalue weighted by Crippen LogP contribution is -2.37. The maximum atomic E-state index is 12.6. The molecule has 1 aromatic carbocycles. The quantitative estimate of drug-likeness (QED) is 0.868. The van der Waals surface area contributed by atoms with Crippen molar-refractivity contribution >= 4 is 22.4 Å². The first kappa shape index (κ1) is 19.7. The molecule has 0 amide bonds. The van der Waals surface area contributed by atoms with E-state index in [9.17, 15) is 21.6 Å². The van der Waals surface area contributed by atoms with Crippen molar-refractivity contribution in [1.29, 1.82) is 5.26 Å². The third-order valence-corrected chi connectivity index (χ3v) is 4.02. The van der Waals surface area contributed by atoms with Gasteiger partial charge in [-0.3, -0.25) is 0 Å². The first-order valence-corrected chi connectivity index (χ1v) is 6.94. The topological polar surface area (TPSA) is 96.0 Å². The van der Waals surface area contributed by atoms with Gasteiger partial charge in [0.25, 0.3) is 0 Å². The minimum atomic E-state index is -4.72. The number of halogens is 4. The summed E-state index contributed by atoms with van der Waals surface area (Å²) in [4.78, 5) is -0.414. The lowest BCUT2D eigenvalue weighted by Gasteiger charge is -2.14. The fourth-order valence-electron chi connectivity index (χ4n) is 1.41. The van der Waals surface area contributed by atoms with Gasteiger partial charge in [-0.05, 0) is 25.1 Å². The van der Waals surface area contributed by atoms with Crippen LogP contribution in [0.2, 0.25) is 0 Å². The molecule has 0 fully saturated rings. The van der Waals surface area contributed by atoms with Gasteiger partial charge in [-0.15, -0.1) is 12.4 Å². The SMILES string of the molecule is C[C@@H](CN)NS(=O)(=O)c1ccc(C(F)(F)F)c(C#N)c1.Cl. The lowest BCUT2D eigenvalue weighted by molar-refractivity contribution is -0.137. The second kappa shape index (κ2) is 7.09. The molecule has 1 atom stereocenters. The predicted molar refractivity (Wildman–Crippen MR) is 72.2 cm³/mol. The fourth-order valence-corrected chi connectivity index (χ4v) is 2.69. The molecule has 0 unspecified atom stereocenters. The van der Waals surface area contributed by atoms with E-state index in [1.165, 1.54) is 13.0 Å². The number of hydrogen-bond donors (Lipinski definition) is 2. The normalized spacial score (nSPS) is 13.1. The van der Waals surface area contributed by atoms with Crippen LogP contribution < -0.4 is 10.5 Å². The van der Waals surface area contributed by atoms with Crippen LogP contribution in [0.25, 0.3) is 0 Å². The van der Waals surface area contributed by atoms with E-state index in [0.717, 1.165) is 6.07 Å². The van der Waals surface area contributed by atoms with Gasteiger partial charge in [-0.1, -0.05) is 0 Å². The number of nitrogens with zero attached hydrogens (tertiary/aromatic N) is 1. The second-order valence-electron chi connectivity index (χ2n) is 4.07. The average molecular weight is 344 g/mol. The minimum Gasteiger partial charge on any atom is -0.329 e. The highest BCUT2D eigenvalue weighted by atomic mass is 35.5.